The first-order chi connectivity index (χ1) is 12.5. The van der Waals surface area contributed by atoms with E-state index in [2.05, 4.69) is 43.6 Å². The number of aliphatic hydroxyl groups excluding tert-OH is 2. The molecule has 2 N–H and O–H groups in total. The molecular formula is C18H26N6O2. The van der Waals surface area contributed by atoms with Gasteiger partial charge in [0.1, 0.15) is 23.6 Å². The molecule has 3 atom stereocenters. The van der Waals surface area contributed by atoms with E-state index in [1.807, 2.05) is 12.1 Å². The SMILES string of the molecule is C[C@H](O)c1nccc(N2C[C@@H](C)N(c3ccnc(CCO)n3)[C@@H](C)C2)n1. The lowest BCUT2D eigenvalue weighted by Crippen LogP contribution is -2.57. The quantitative estimate of drug-likeness (QED) is 0.815. The van der Waals surface area contributed by atoms with Crippen molar-refractivity contribution in [2.75, 3.05) is 29.5 Å². The Labute approximate surface area is 153 Å². The summed E-state index contributed by atoms with van der Waals surface area (Å²) in [6.45, 7) is 7.61. The van der Waals surface area contributed by atoms with E-state index in [0.29, 0.717) is 18.1 Å². The Balaban J connectivity index is 1.79. The highest BCUT2D eigenvalue weighted by atomic mass is 16.3. The lowest BCUT2D eigenvalue weighted by Gasteiger charge is -2.45. The van der Waals surface area contributed by atoms with Crippen molar-refractivity contribution in [2.24, 2.45) is 0 Å². The van der Waals surface area contributed by atoms with Crippen molar-refractivity contribution in [1.82, 2.24) is 19.9 Å². The summed E-state index contributed by atoms with van der Waals surface area (Å²) in [6.07, 6.45) is 3.22. The van der Waals surface area contributed by atoms with Crippen LogP contribution in [0.15, 0.2) is 24.5 Å². The molecule has 0 unspecified atom stereocenters. The van der Waals surface area contributed by atoms with E-state index >= 15 is 0 Å². The molecule has 1 aliphatic heterocycles. The third kappa shape index (κ3) is 3.91. The summed E-state index contributed by atoms with van der Waals surface area (Å²) in [5.74, 6) is 2.81. The largest absolute Gasteiger partial charge is 0.396 e. The molecule has 3 heterocycles. The highest BCUT2D eigenvalue weighted by Gasteiger charge is 2.31. The highest BCUT2D eigenvalue weighted by Crippen LogP contribution is 2.25. The molecule has 3 rings (SSSR count). The fourth-order valence-electron chi connectivity index (χ4n) is 3.46. The summed E-state index contributed by atoms with van der Waals surface area (Å²) in [5, 5.41) is 18.8. The minimum Gasteiger partial charge on any atom is -0.396 e. The molecule has 0 radical (unpaired) electrons. The molecule has 0 amide bonds. The topological polar surface area (TPSA) is 98.5 Å². The van der Waals surface area contributed by atoms with Gasteiger partial charge in [-0.15, -0.1) is 0 Å². The van der Waals surface area contributed by atoms with E-state index in [1.54, 1.807) is 19.3 Å². The smallest absolute Gasteiger partial charge is 0.158 e. The zero-order chi connectivity index (χ0) is 18.7. The summed E-state index contributed by atoms with van der Waals surface area (Å²) in [4.78, 5) is 21.9. The van der Waals surface area contributed by atoms with Crippen LogP contribution in [0.1, 0.15) is 38.5 Å². The Kier molecular flexibility index (Phi) is 5.63. The maximum atomic E-state index is 9.73. The molecule has 1 fully saturated rings. The van der Waals surface area contributed by atoms with E-state index < -0.39 is 6.10 Å². The molecule has 140 valence electrons. The van der Waals surface area contributed by atoms with Gasteiger partial charge in [0, 0.05) is 44.0 Å². The van der Waals surface area contributed by atoms with Crippen LogP contribution in [0.5, 0.6) is 0 Å². The molecule has 1 aliphatic rings. The normalized spacial score (nSPS) is 21.7. The Morgan fingerprint density at radius 1 is 1.08 bits per heavy atom. The molecule has 0 saturated carbocycles. The average molecular weight is 358 g/mol. The maximum absolute atomic E-state index is 9.73. The number of piperazine rings is 1. The fourth-order valence-corrected chi connectivity index (χ4v) is 3.46. The molecule has 8 heteroatoms. The monoisotopic (exact) mass is 358 g/mol. The summed E-state index contributed by atoms with van der Waals surface area (Å²) in [5.41, 5.74) is 0. The van der Waals surface area contributed by atoms with Crippen molar-refractivity contribution in [1.29, 1.82) is 0 Å². The molecule has 2 aromatic heterocycles. The minimum absolute atomic E-state index is 0.0433. The van der Waals surface area contributed by atoms with Crippen molar-refractivity contribution in [2.45, 2.75) is 45.4 Å². The van der Waals surface area contributed by atoms with E-state index in [0.717, 1.165) is 24.7 Å². The molecule has 26 heavy (non-hydrogen) atoms. The number of rotatable bonds is 5. The van der Waals surface area contributed by atoms with Crippen LogP contribution in [0.2, 0.25) is 0 Å². The zero-order valence-electron chi connectivity index (χ0n) is 15.4. The second-order valence-electron chi connectivity index (χ2n) is 6.76. The second kappa shape index (κ2) is 7.92. The van der Waals surface area contributed by atoms with Gasteiger partial charge >= 0.3 is 0 Å². The summed E-state index contributed by atoms with van der Waals surface area (Å²) >= 11 is 0. The Morgan fingerprint density at radius 3 is 2.38 bits per heavy atom. The van der Waals surface area contributed by atoms with Gasteiger partial charge in [-0.1, -0.05) is 0 Å². The first-order valence-electron chi connectivity index (χ1n) is 8.96. The number of anilines is 2. The highest BCUT2D eigenvalue weighted by molar-refractivity contribution is 5.47. The first-order valence-corrected chi connectivity index (χ1v) is 8.96. The summed E-state index contributed by atoms with van der Waals surface area (Å²) < 4.78 is 0. The van der Waals surface area contributed by atoms with Gasteiger partial charge in [-0.05, 0) is 32.9 Å². The van der Waals surface area contributed by atoms with Crippen LogP contribution in [0.3, 0.4) is 0 Å². The van der Waals surface area contributed by atoms with Crippen LogP contribution < -0.4 is 9.80 Å². The maximum Gasteiger partial charge on any atom is 0.158 e. The second-order valence-corrected chi connectivity index (χ2v) is 6.76. The molecule has 0 spiro atoms. The lowest BCUT2D eigenvalue weighted by atomic mass is 10.1. The van der Waals surface area contributed by atoms with Gasteiger partial charge < -0.3 is 20.0 Å². The number of nitrogens with zero attached hydrogens (tertiary/aromatic N) is 6. The predicted octanol–water partition coefficient (Wildman–Crippen LogP) is 0.958. The average Bonchev–Trinajstić information content (AvgIpc) is 2.62. The van der Waals surface area contributed by atoms with Crippen molar-refractivity contribution >= 4 is 11.6 Å². The number of aliphatic hydroxyl groups is 2. The van der Waals surface area contributed by atoms with Crippen molar-refractivity contribution in [3.8, 4) is 0 Å². The standard InChI is InChI=1S/C18H26N6O2/c1-12-10-23(16-4-8-20-18(22-16)14(3)26)11-13(2)24(12)17-5-7-19-15(21-17)6-9-25/h4-5,7-8,12-14,25-26H,6,9-11H2,1-3H3/t12-,13+,14-/m0/s1. The van der Waals surface area contributed by atoms with E-state index in [-0.39, 0.29) is 18.7 Å². The van der Waals surface area contributed by atoms with E-state index in [1.165, 1.54) is 0 Å². The van der Waals surface area contributed by atoms with Crippen LogP contribution in [0.25, 0.3) is 0 Å². The molecule has 0 aliphatic carbocycles. The van der Waals surface area contributed by atoms with Crippen LogP contribution in [-0.4, -0.2) is 61.9 Å². The van der Waals surface area contributed by atoms with Crippen LogP contribution in [0, 0.1) is 0 Å². The fraction of sp³-hybridized carbons (Fsp3) is 0.556. The molecule has 8 nitrogen and oxygen atoms in total. The number of hydrogen-bond donors (Lipinski definition) is 2. The van der Waals surface area contributed by atoms with Gasteiger partial charge in [0.05, 0.1) is 6.61 Å². The number of aromatic nitrogens is 4. The lowest BCUT2D eigenvalue weighted by molar-refractivity contribution is 0.189. The predicted molar refractivity (Wildman–Crippen MR) is 99.1 cm³/mol. The molecule has 0 bridgehead atoms. The van der Waals surface area contributed by atoms with E-state index in [4.69, 9.17) is 5.11 Å². The minimum atomic E-state index is -0.683. The van der Waals surface area contributed by atoms with Crippen molar-refractivity contribution in [3.05, 3.63) is 36.2 Å². The molecule has 0 aromatic carbocycles. The third-order valence-corrected chi connectivity index (χ3v) is 4.57. The Bertz CT molecular complexity index is 729. The van der Waals surface area contributed by atoms with Gasteiger partial charge in [0.25, 0.3) is 0 Å². The van der Waals surface area contributed by atoms with Crippen molar-refractivity contribution in [3.63, 3.8) is 0 Å². The van der Waals surface area contributed by atoms with Crippen molar-refractivity contribution < 1.29 is 10.2 Å². The summed E-state index contributed by atoms with van der Waals surface area (Å²) in [6, 6.07) is 4.24. The molecule has 2 aromatic rings. The van der Waals surface area contributed by atoms with Gasteiger partial charge in [-0.25, -0.2) is 19.9 Å². The zero-order valence-corrected chi connectivity index (χ0v) is 15.4. The molecular weight excluding hydrogens is 332 g/mol. The van der Waals surface area contributed by atoms with E-state index in [9.17, 15) is 5.11 Å². The van der Waals surface area contributed by atoms with Gasteiger partial charge in [0.2, 0.25) is 0 Å². The first kappa shape index (κ1) is 18.5. The Morgan fingerprint density at radius 2 is 1.73 bits per heavy atom. The van der Waals surface area contributed by atoms with Crippen LogP contribution in [-0.2, 0) is 6.42 Å². The van der Waals surface area contributed by atoms with Crippen LogP contribution >= 0.6 is 0 Å². The Hall–Kier alpha value is -2.32. The van der Waals surface area contributed by atoms with Gasteiger partial charge in [-0.2, -0.15) is 0 Å². The molecule has 1 saturated heterocycles. The van der Waals surface area contributed by atoms with Gasteiger partial charge in [0.15, 0.2) is 5.82 Å². The summed E-state index contributed by atoms with van der Waals surface area (Å²) in [7, 11) is 0. The third-order valence-electron chi connectivity index (χ3n) is 4.57. The number of hydrogen-bond acceptors (Lipinski definition) is 8. The van der Waals surface area contributed by atoms with Gasteiger partial charge in [-0.3, -0.25) is 0 Å². The van der Waals surface area contributed by atoms with Crippen LogP contribution in [0.4, 0.5) is 11.6 Å².